The van der Waals surface area contributed by atoms with Gasteiger partial charge >= 0.3 is 0 Å². The molecule has 3 rings (SSSR count). The summed E-state index contributed by atoms with van der Waals surface area (Å²) in [6.45, 7) is 1.81. The summed E-state index contributed by atoms with van der Waals surface area (Å²) in [7, 11) is 0. The number of nitrogens with zero attached hydrogens (tertiary/aromatic N) is 3. The van der Waals surface area contributed by atoms with Crippen LogP contribution in [0.4, 0.5) is 0 Å². The summed E-state index contributed by atoms with van der Waals surface area (Å²) in [6, 6.07) is 13.0. The van der Waals surface area contributed by atoms with E-state index in [1.165, 1.54) is 11.8 Å². The molecule has 1 unspecified atom stereocenters. The molecule has 0 aliphatic heterocycles. The summed E-state index contributed by atoms with van der Waals surface area (Å²) in [6.07, 6.45) is 3.20. The lowest BCUT2D eigenvalue weighted by Crippen LogP contribution is -2.13. The summed E-state index contributed by atoms with van der Waals surface area (Å²) < 4.78 is 5.60. The summed E-state index contributed by atoms with van der Waals surface area (Å²) in [5.41, 5.74) is 1.43. The van der Waals surface area contributed by atoms with E-state index in [0.717, 1.165) is 5.56 Å². The van der Waals surface area contributed by atoms with E-state index >= 15 is 0 Å². The van der Waals surface area contributed by atoms with Crippen molar-refractivity contribution in [2.75, 3.05) is 0 Å². The maximum atomic E-state index is 12.3. The Kier molecular flexibility index (Phi) is 4.29. The fourth-order valence-corrected chi connectivity index (χ4v) is 2.66. The number of hydrogen-bond acceptors (Lipinski definition) is 6. The van der Waals surface area contributed by atoms with Crippen LogP contribution >= 0.6 is 11.8 Å². The highest BCUT2D eigenvalue weighted by molar-refractivity contribution is 8.00. The van der Waals surface area contributed by atoms with Crippen LogP contribution in [0.25, 0.3) is 11.5 Å². The lowest BCUT2D eigenvalue weighted by atomic mass is 10.1. The quantitative estimate of drug-likeness (QED) is 0.530. The Morgan fingerprint density at radius 3 is 2.68 bits per heavy atom. The number of carbonyl (C=O) groups excluding carboxylic acids is 1. The lowest BCUT2D eigenvalue weighted by molar-refractivity contribution is 0.0993. The average molecular weight is 311 g/mol. The van der Waals surface area contributed by atoms with E-state index < -0.39 is 0 Å². The number of thioether (sulfide) groups is 1. The maximum absolute atomic E-state index is 12.3. The van der Waals surface area contributed by atoms with Gasteiger partial charge < -0.3 is 4.42 Å². The van der Waals surface area contributed by atoms with Gasteiger partial charge in [0.25, 0.3) is 5.22 Å². The van der Waals surface area contributed by atoms with E-state index in [-0.39, 0.29) is 11.0 Å². The zero-order valence-corrected chi connectivity index (χ0v) is 12.7. The minimum absolute atomic E-state index is 0.0161. The highest BCUT2D eigenvalue weighted by Crippen LogP contribution is 2.27. The second kappa shape index (κ2) is 6.53. The van der Waals surface area contributed by atoms with Gasteiger partial charge in [0.05, 0.1) is 5.25 Å². The van der Waals surface area contributed by atoms with Crippen LogP contribution in [0.1, 0.15) is 17.3 Å². The first-order chi connectivity index (χ1) is 10.7. The molecule has 0 bridgehead atoms. The van der Waals surface area contributed by atoms with Crippen molar-refractivity contribution in [1.82, 2.24) is 15.2 Å². The third kappa shape index (κ3) is 3.23. The Hall–Kier alpha value is -2.47. The van der Waals surface area contributed by atoms with Crippen LogP contribution in [0.5, 0.6) is 0 Å². The Balaban J connectivity index is 1.71. The summed E-state index contributed by atoms with van der Waals surface area (Å²) in [5, 5.41) is 8.05. The number of aromatic nitrogens is 3. The van der Waals surface area contributed by atoms with Gasteiger partial charge in [-0.3, -0.25) is 9.78 Å². The van der Waals surface area contributed by atoms with Crippen LogP contribution in [0.2, 0.25) is 0 Å². The molecule has 0 fully saturated rings. The van der Waals surface area contributed by atoms with Crippen LogP contribution in [-0.2, 0) is 0 Å². The van der Waals surface area contributed by atoms with Crippen molar-refractivity contribution in [1.29, 1.82) is 0 Å². The number of rotatable bonds is 5. The molecule has 110 valence electrons. The van der Waals surface area contributed by atoms with Crippen LogP contribution in [-0.4, -0.2) is 26.2 Å². The predicted molar refractivity (Wildman–Crippen MR) is 83.6 cm³/mol. The Labute approximate surface area is 131 Å². The van der Waals surface area contributed by atoms with Crippen molar-refractivity contribution in [3.63, 3.8) is 0 Å². The number of hydrogen-bond donors (Lipinski definition) is 0. The normalized spacial score (nSPS) is 12.0. The van der Waals surface area contributed by atoms with Gasteiger partial charge in [-0.15, -0.1) is 10.2 Å². The Bertz CT molecular complexity index is 759. The molecule has 1 aromatic carbocycles. The van der Waals surface area contributed by atoms with Gasteiger partial charge in [0, 0.05) is 23.5 Å². The molecule has 0 aliphatic carbocycles. The zero-order chi connectivity index (χ0) is 15.4. The van der Waals surface area contributed by atoms with Gasteiger partial charge in [0.1, 0.15) is 0 Å². The first-order valence-electron chi connectivity index (χ1n) is 6.74. The second-order valence-corrected chi connectivity index (χ2v) is 5.90. The number of benzene rings is 1. The molecule has 0 N–H and O–H groups in total. The number of carbonyl (C=O) groups is 1. The van der Waals surface area contributed by atoms with Crippen molar-refractivity contribution in [3.8, 4) is 11.5 Å². The van der Waals surface area contributed by atoms with Gasteiger partial charge in [-0.1, -0.05) is 30.0 Å². The molecule has 1 atom stereocenters. The third-order valence-corrected chi connectivity index (χ3v) is 3.95. The van der Waals surface area contributed by atoms with Gasteiger partial charge in [0.2, 0.25) is 5.89 Å². The topological polar surface area (TPSA) is 68.9 Å². The standard InChI is InChI=1S/C16H13N3O2S/c1-11(14(20)13-8-5-9-17-10-13)22-16-19-18-15(21-16)12-6-3-2-4-7-12/h2-11H,1H3. The fraction of sp³-hybridized carbons (Fsp3) is 0.125. The van der Waals surface area contributed by atoms with E-state index in [2.05, 4.69) is 15.2 Å². The lowest BCUT2D eigenvalue weighted by Gasteiger charge is -2.06. The van der Waals surface area contributed by atoms with Crippen molar-refractivity contribution < 1.29 is 9.21 Å². The number of ketones is 1. The maximum Gasteiger partial charge on any atom is 0.277 e. The molecule has 3 aromatic rings. The fourth-order valence-electron chi connectivity index (χ4n) is 1.90. The van der Waals surface area contributed by atoms with Crippen molar-refractivity contribution >= 4 is 17.5 Å². The Morgan fingerprint density at radius 2 is 1.95 bits per heavy atom. The van der Waals surface area contributed by atoms with Crippen molar-refractivity contribution in [3.05, 3.63) is 60.4 Å². The minimum Gasteiger partial charge on any atom is -0.411 e. The highest BCUT2D eigenvalue weighted by atomic mass is 32.2. The van der Waals surface area contributed by atoms with Crippen LogP contribution in [0.3, 0.4) is 0 Å². The average Bonchev–Trinajstić information content (AvgIpc) is 3.04. The molecule has 5 nitrogen and oxygen atoms in total. The largest absolute Gasteiger partial charge is 0.411 e. The van der Waals surface area contributed by atoms with Crippen molar-refractivity contribution in [2.24, 2.45) is 0 Å². The molecule has 0 aliphatic rings. The highest BCUT2D eigenvalue weighted by Gasteiger charge is 2.20. The zero-order valence-electron chi connectivity index (χ0n) is 11.8. The van der Waals surface area contributed by atoms with E-state index in [4.69, 9.17) is 4.42 Å². The van der Waals surface area contributed by atoms with E-state index in [0.29, 0.717) is 16.7 Å². The molecule has 0 amide bonds. The molecular weight excluding hydrogens is 298 g/mol. The molecule has 2 aromatic heterocycles. The van der Waals surface area contributed by atoms with Crippen molar-refractivity contribution in [2.45, 2.75) is 17.4 Å². The summed E-state index contributed by atoms with van der Waals surface area (Å²) in [5.74, 6) is 0.432. The van der Waals surface area contributed by atoms with E-state index in [1.807, 2.05) is 37.3 Å². The molecule has 0 saturated heterocycles. The monoisotopic (exact) mass is 311 g/mol. The molecule has 0 radical (unpaired) electrons. The summed E-state index contributed by atoms with van der Waals surface area (Å²) >= 11 is 1.24. The first kappa shape index (κ1) is 14.5. The summed E-state index contributed by atoms with van der Waals surface area (Å²) in [4.78, 5) is 16.2. The molecule has 2 heterocycles. The second-order valence-electron chi connectivity index (χ2n) is 4.61. The molecular formula is C16H13N3O2S. The van der Waals surface area contributed by atoms with E-state index in [1.54, 1.807) is 24.5 Å². The smallest absolute Gasteiger partial charge is 0.277 e. The number of pyridine rings is 1. The number of Topliss-reactive ketones (excluding diaryl/α,β-unsaturated/α-hetero) is 1. The molecule has 6 heteroatoms. The molecule has 0 spiro atoms. The predicted octanol–water partition coefficient (Wildman–Crippen LogP) is 3.50. The first-order valence-corrected chi connectivity index (χ1v) is 7.62. The minimum atomic E-state index is -0.326. The third-order valence-electron chi connectivity index (χ3n) is 3.02. The molecule has 22 heavy (non-hydrogen) atoms. The molecule has 0 saturated carbocycles. The van der Waals surface area contributed by atoms with Gasteiger partial charge in [-0.25, -0.2) is 0 Å². The van der Waals surface area contributed by atoms with Gasteiger partial charge in [0.15, 0.2) is 5.78 Å². The Morgan fingerprint density at radius 1 is 1.14 bits per heavy atom. The van der Waals surface area contributed by atoms with E-state index in [9.17, 15) is 4.79 Å². The van der Waals surface area contributed by atoms with Crippen LogP contribution in [0.15, 0.2) is 64.5 Å². The van der Waals surface area contributed by atoms with Crippen LogP contribution in [0, 0.1) is 0 Å². The SMILES string of the molecule is CC(Sc1nnc(-c2ccccc2)o1)C(=O)c1cccnc1. The van der Waals surface area contributed by atoms with Gasteiger partial charge in [-0.2, -0.15) is 0 Å². The van der Waals surface area contributed by atoms with Crippen LogP contribution < -0.4 is 0 Å². The van der Waals surface area contributed by atoms with Gasteiger partial charge in [-0.05, 0) is 31.2 Å².